The topological polar surface area (TPSA) is 101 Å². The molecular formula is C16H20O5. The van der Waals surface area contributed by atoms with Crippen LogP contribution < -0.4 is 0 Å². The van der Waals surface area contributed by atoms with Crippen LogP contribution in [0.15, 0.2) is 42.5 Å². The van der Waals surface area contributed by atoms with Crippen LogP contribution >= 0.6 is 0 Å². The zero-order chi connectivity index (χ0) is 15.7. The molecule has 5 heteroatoms. The summed E-state index contributed by atoms with van der Waals surface area (Å²) in [7, 11) is 0. The lowest BCUT2D eigenvalue weighted by Gasteiger charge is -2.00. The van der Waals surface area contributed by atoms with Gasteiger partial charge < -0.3 is 25.5 Å². The minimum atomic E-state index is -0.143. The van der Waals surface area contributed by atoms with Gasteiger partial charge in [0.15, 0.2) is 11.5 Å². The summed E-state index contributed by atoms with van der Waals surface area (Å²) in [6.45, 7) is 0.203. The largest absolute Gasteiger partial charge is 0.508 e. The third-order valence-corrected chi connectivity index (χ3v) is 2.78. The van der Waals surface area contributed by atoms with E-state index in [4.69, 9.17) is 25.5 Å². The average molecular weight is 292 g/mol. The molecule has 0 aliphatic heterocycles. The Hall–Kier alpha value is -2.24. The quantitative estimate of drug-likeness (QED) is 0.551. The first-order chi connectivity index (χ1) is 10.1. The SMILES string of the molecule is OCCc1ccc(O)c(O)c1.OCCc1ccc(O)cc1. The molecule has 2 aromatic rings. The van der Waals surface area contributed by atoms with Crippen LogP contribution in [0.25, 0.3) is 0 Å². The molecule has 21 heavy (non-hydrogen) atoms. The van der Waals surface area contributed by atoms with Gasteiger partial charge in [0.1, 0.15) is 5.75 Å². The van der Waals surface area contributed by atoms with Gasteiger partial charge in [-0.1, -0.05) is 18.2 Å². The second kappa shape index (κ2) is 8.84. The van der Waals surface area contributed by atoms with Crippen molar-refractivity contribution in [1.82, 2.24) is 0 Å². The summed E-state index contributed by atoms with van der Waals surface area (Å²) in [4.78, 5) is 0. The fourth-order valence-corrected chi connectivity index (χ4v) is 1.65. The molecule has 0 bridgehead atoms. The molecule has 0 amide bonds. The molecule has 5 N–H and O–H groups in total. The molecule has 2 rings (SSSR count). The first kappa shape index (κ1) is 16.8. The Morgan fingerprint density at radius 2 is 1.14 bits per heavy atom. The van der Waals surface area contributed by atoms with E-state index < -0.39 is 0 Å². The number of phenols is 3. The lowest BCUT2D eigenvalue weighted by molar-refractivity contribution is 0.299. The number of benzene rings is 2. The lowest BCUT2D eigenvalue weighted by Crippen LogP contribution is -1.89. The van der Waals surface area contributed by atoms with Crippen molar-refractivity contribution in [3.63, 3.8) is 0 Å². The zero-order valence-corrected chi connectivity index (χ0v) is 11.6. The first-order valence-corrected chi connectivity index (χ1v) is 6.57. The van der Waals surface area contributed by atoms with Gasteiger partial charge in [0.05, 0.1) is 0 Å². The third kappa shape index (κ3) is 6.16. The van der Waals surface area contributed by atoms with Crippen LogP contribution in [0.3, 0.4) is 0 Å². The van der Waals surface area contributed by atoms with E-state index in [1.807, 2.05) is 0 Å². The van der Waals surface area contributed by atoms with Gasteiger partial charge >= 0.3 is 0 Å². The Balaban J connectivity index is 0.000000211. The minimum absolute atomic E-state index is 0.0458. The van der Waals surface area contributed by atoms with Crippen LogP contribution in [0.4, 0.5) is 0 Å². The summed E-state index contributed by atoms with van der Waals surface area (Å²) in [6.07, 6.45) is 1.15. The smallest absolute Gasteiger partial charge is 0.157 e. The van der Waals surface area contributed by atoms with E-state index in [2.05, 4.69) is 0 Å². The molecule has 0 unspecified atom stereocenters. The van der Waals surface area contributed by atoms with E-state index in [0.717, 1.165) is 11.1 Å². The van der Waals surface area contributed by atoms with Crippen molar-refractivity contribution in [2.45, 2.75) is 12.8 Å². The van der Waals surface area contributed by atoms with Crippen molar-refractivity contribution < 1.29 is 25.5 Å². The maximum absolute atomic E-state index is 9.00. The predicted molar refractivity (Wildman–Crippen MR) is 79.5 cm³/mol. The summed E-state index contributed by atoms with van der Waals surface area (Å²) >= 11 is 0. The number of phenolic OH excluding ortho intramolecular Hbond substituents is 3. The predicted octanol–water partition coefficient (Wildman–Crippen LogP) is 1.56. The lowest BCUT2D eigenvalue weighted by atomic mass is 10.1. The van der Waals surface area contributed by atoms with E-state index in [0.29, 0.717) is 12.8 Å². The maximum Gasteiger partial charge on any atom is 0.157 e. The highest BCUT2D eigenvalue weighted by atomic mass is 16.3. The van der Waals surface area contributed by atoms with Crippen molar-refractivity contribution in [2.24, 2.45) is 0 Å². The molecule has 0 aliphatic carbocycles. The van der Waals surface area contributed by atoms with Crippen LogP contribution in [0.1, 0.15) is 11.1 Å². The van der Waals surface area contributed by atoms with Gasteiger partial charge in [-0.3, -0.25) is 0 Å². The molecule has 2 aromatic carbocycles. The molecule has 0 atom stereocenters. The van der Waals surface area contributed by atoms with E-state index in [1.54, 1.807) is 30.3 Å². The summed E-state index contributed by atoms with van der Waals surface area (Å²) in [5, 5.41) is 43.8. The van der Waals surface area contributed by atoms with Gasteiger partial charge in [-0.15, -0.1) is 0 Å². The van der Waals surface area contributed by atoms with Crippen molar-refractivity contribution in [3.8, 4) is 17.2 Å². The number of hydrogen-bond acceptors (Lipinski definition) is 5. The molecule has 0 spiro atoms. The molecule has 0 aromatic heterocycles. The number of aromatic hydroxyl groups is 3. The number of hydrogen-bond donors (Lipinski definition) is 5. The van der Waals surface area contributed by atoms with Crippen LogP contribution in [-0.2, 0) is 12.8 Å². The zero-order valence-electron chi connectivity index (χ0n) is 11.6. The summed E-state index contributed by atoms with van der Waals surface area (Å²) in [6, 6.07) is 11.3. The van der Waals surface area contributed by atoms with E-state index in [-0.39, 0.29) is 30.5 Å². The van der Waals surface area contributed by atoms with Gasteiger partial charge in [0, 0.05) is 13.2 Å². The van der Waals surface area contributed by atoms with Crippen LogP contribution in [0.5, 0.6) is 17.2 Å². The van der Waals surface area contributed by atoms with Crippen LogP contribution in [-0.4, -0.2) is 38.7 Å². The highest BCUT2D eigenvalue weighted by Crippen LogP contribution is 2.24. The molecule has 0 aliphatic rings. The van der Waals surface area contributed by atoms with Gasteiger partial charge in [-0.2, -0.15) is 0 Å². The second-order valence-electron chi connectivity index (χ2n) is 4.44. The highest BCUT2D eigenvalue weighted by molar-refractivity contribution is 5.40. The monoisotopic (exact) mass is 292 g/mol. The molecule has 0 fully saturated rings. The standard InChI is InChI=1S/C8H10O3.C8H10O2/c9-4-3-6-1-2-7(10)8(11)5-6;9-6-5-7-1-3-8(10)4-2-7/h1-2,5,9-11H,3-4H2;1-4,9-10H,5-6H2. The Labute approximate surface area is 123 Å². The molecule has 0 saturated carbocycles. The normalized spacial score (nSPS) is 9.81. The van der Waals surface area contributed by atoms with Crippen molar-refractivity contribution in [2.75, 3.05) is 13.2 Å². The Morgan fingerprint density at radius 3 is 1.67 bits per heavy atom. The van der Waals surface area contributed by atoms with Crippen molar-refractivity contribution in [3.05, 3.63) is 53.6 Å². The molecule has 0 heterocycles. The van der Waals surface area contributed by atoms with Crippen molar-refractivity contribution >= 4 is 0 Å². The van der Waals surface area contributed by atoms with Gasteiger partial charge in [-0.25, -0.2) is 0 Å². The molecule has 0 radical (unpaired) electrons. The molecule has 114 valence electrons. The van der Waals surface area contributed by atoms with Gasteiger partial charge in [-0.05, 0) is 48.2 Å². The van der Waals surface area contributed by atoms with Crippen LogP contribution in [0.2, 0.25) is 0 Å². The second-order valence-corrected chi connectivity index (χ2v) is 4.44. The van der Waals surface area contributed by atoms with E-state index in [1.165, 1.54) is 12.1 Å². The minimum Gasteiger partial charge on any atom is -0.508 e. The summed E-state index contributed by atoms with van der Waals surface area (Å²) in [5.41, 5.74) is 1.85. The first-order valence-electron chi connectivity index (χ1n) is 6.57. The van der Waals surface area contributed by atoms with E-state index in [9.17, 15) is 0 Å². The maximum atomic E-state index is 9.00. The van der Waals surface area contributed by atoms with Crippen LogP contribution in [0, 0.1) is 0 Å². The number of aliphatic hydroxyl groups is 2. The fourth-order valence-electron chi connectivity index (χ4n) is 1.65. The average Bonchev–Trinajstić information content (AvgIpc) is 2.47. The molecular weight excluding hydrogens is 272 g/mol. The number of rotatable bonds is 4. The van der Waals surface area contributed by atoms with E-state index >= 15 is 0 Å². The highest BCUT2D eigenvalue weighted by Gasteiger charge is 1.98. The number of aliphatic hydroxyl groups excluding tert-OH is 2. The Bertz CT molecular complexity index is 537. The Kier molecular flexibility index (Phi) is 7.08. The summed E-state index contributed by atoms with van der Waals surface area (Å²) < 4.78 is 0. The molecule has 0 saturated heterocycles. The molecule has 5 nitrogen and oxygen atoms in total. The van der Waals surface area contributed by atoms with Gasteiger partial charge in [0.25, 0.3) is 0 Å². The third-order valence-electron chi connectivity index (χ3n) is 2.78. The fraction of sp³-hybridized carbons (Fsp3) is 0.250. The van der Waals surface area contributed by atoms with Crippen molar-refractivity contribution in [1.29, 1.82) is 0 Å². The van der Waals surface area contributed by atoms with Gasteiger partial charge in [0.2, 0.25) is 0 Å². The Morgan fingerprint density at radius 1 is 0.619 bits per heavy atom. The summed E-state index contributed by atoms with van der Waals surface area (Å²) in [5.74, 6) is -0.00988.